The maximum absolute atomic E-state index is 12.3. The minimum absolute atomic E-state index is 0.322. The highest BCUT2D eigenvalue weighted by atomic mass is 16.8. The highest BCUT2D eigenvalue weighted by molar-refractivity contribution is 5.73. The average molecular weight is 622 g/mol. The van der Waals surface area contributed by atoms with Gasteiger partial charge in [0.1, 0.15) is 43.7 Å². The molecule has 2 heterocycles. The Kier molecular flexibility index (Phi) is 13.7. The first kappa shape index (κ1) is 35.8. The molecule has 0 aromatic heterocycles. The molecule has 0 aromatic carbocycles. The maximum Gasteiger partial charge on any atom is 0.303 e. The SMILES string of the molecule is CO[C@H]1O[C@H](COC(C)=O)[C@@H](OC(C)=O)[C@H](OC)[C@@H]1O[C@@H]1O[C@H](COC(C)=O)[C@@H](OC(C)=O)[C@H](OC(C)=O)[C@H]1NC(C)=O. The zero-order chi connectivity index (χ0) is 32.4. The summed E-state index contributed by atoms with van der Waals surface area (Å²) in [5.74, 6) is -4.16. The van der Waals surface area contributed by atoms with E-state index in [1.165, 1.54) is 28.1 Å². The van der Waals surface area contributed by atoms with Crippen molar-refractivity contribution in [3.05, 3.63) is 0 Å². The number of amides is 1. The largest absolute Gasteiger partial charge is 0.463 e. The van der Waals surface area contributed by atoms with Crippen LogP contribution >= 0.6 is 0 Å². The van der Waals surface area contributed by atoms with Crippen LogP contribution in [0.25, 0.3) is 0 Å². The van der Waals surface area contributed by atoms with Crippen LogP contribution in [-0.2, 0) is 76.1 Å². The molecule has 0 radical (unpaired) electrons. The number of hydrogen-bond donors (Lipinski definition) is 1. The Morgan fingerprint density at radius 2 is 1.00 bits per heavy atom. The van der Waals surface area contributed by atoms with Crippen LogP contribution in [-0.4, -0.2) is 125 Å². The highest BCUT2D eigenvalue weighted by Gasteiger charge is 2.55. The summed E-state index contributed by atoms with van der Waals surface area (Å²) in [4.78, 5) is 71.5. The normalized spacial score (nSPS) is 32.1. The van der Waals surface area contributed by atoms with Gasteiger partial charge in [0.25, 0.3) is 0 Å². The molecule has 0 aliphatic carbocycles. The Hall–Kier alpha value is -3.38. The van der Waals surface area contributed by atoms with Crippen molar-refractivity contribution < 1.29 is 76.1 Å². The molecule has 17 nitrogen and oxygen atoms in total. The second-order valence-electron chi connectivity index (χ2n) is 9.68. The summed E-state index contributed by atoms with van der Waals surface area (Å²) in [6, 6.07) is -1.31. The van der Waals surface area contributed by atoms with Crippen LogP contribution in [0, 0.1) is 0 Å². The van der Waals surface area contributed by atoms with Gasteiger partial charge in [-0.3, -0.25) is 28.8 Å². The molecular formula is C26H39NO16. The first-order valence-corrected chi connectivity index (χ1v) is 13.3. The van der Waals surface area contributed by atoms with Crippen LogP contribution in [0.4, 0.5) is 0 Å². The lowest BCUT2D eigenvalue weighted by atomic mass is 9.95. The van der Waals surface area contributed by atoms with Crippen molar-refractivity contribution in [3.63, 3.8) is 0 Å². The summed E-state index contributed by atoms with van der Waals surface area (Å²) in [5.41, 5.74) is 0. The number of methoxy groups -OCH3 is 2. The second-order valence-corrected chi connectivity index (χ2v) is 9.68. The van der Waals surface area contributed by atoms with Gasteiger partial charge in [0.15, 0.2) is 30.9 Å². The van der Waals surface area contributed by atoms with Crippen LogP contribution in [0.15, 0.2) is 0 Å². The lowest BCUT2D eigenvalue weighted by molar-refractivity contribution is -0.354. The molecule has 244 valence electrons. The Morgan fingerprint density at radius 3 is 1.40 bits per heavy atom. The van der Waals surface area contributed by atoms with Crippen molar-refractivity contribution in [2.24, 2.45) is 0 Å². The summed E-state index contributed by atoms with van der Waals surface area (Å²) in [6.07, 6.45) is -11.4. The van der Waals surface area contributed by atoms with E-state index in [4.69, 9.17) is 47.4 Å². The molecule has 2 saturated heterocycles. The molecule has 0 spiro atoms. The van der Waals surface area contributed by atoms with Crippen LogP contribution < -0.4 is 5.32 Å². The van der Waals surface area contributed by atoms with Crippen molar-refractivity contribution >= 4 is 35.8 Å². The quantitative estimate of drug-likeness (QED) is 0.203. The third kappa shape index (κ3) is 10.4. The average Bonchev–Trinajstić information content (AvgIpc) is 2.89. The Morgan fingerprint density at radius 1 is 0.558 bits per heavy atom. The molecular weight excluding hydrogens is 582 g/mol. The third-order valence-electron chi connectivity index (χ3n) is 6.21. The van der Waals surface area contributed by atoms with Gasteiger partial charge in [-0.15, -0.1) is 0 Å². The van der Waals surface area contributed by atoms with Gasteiger partial charge in [-0.25, -0.2) is 0 Å². The molecule has 0 unspecified atom stereocenters. The molecule has 43 heavy (non-hydrogen) atoms. The van der Waals surface area contributed by atoms with Gasteiger partial charge in [-0.2, -0.15) is 0 Å². The van der Waals surface area contributed by atoms with E-state index in [2.05, 4.69) is 5.32 Å². The number of carbonyl (C=O) groups excluding carboxylic acids is 6. The monoisotopic (exact) mass is 621 g/mol. The van der Waals surface area contributed by atoms with E-state index in [1.807, 2.05) is 0 Å². The van der Waals surface area contributed by atoms with Crippen LogP contribution in [0.2, 0.25) is 0 Å². The molecule has 0 bridgehead atoms. The van der Waals surface area contributed by atoms with Gasteiger partial charge >= 0.3 is 29.8 Å². The summed E-state index contributed by atoms with van der Waals surface area (Å²) in [5, 5.41) is 2.59. The van der Waals surface area contributed by atoms with Crippen LogP contribution in [0.3, 0.4) is 0 Å². The van der Waals surface area contributed by atoms with Crippen molar-refractivity contribution in [1.82, 2.24) is 5.32 Å². The zero-order valence-electron chi connectivity index (χ0n) is 25.2. The maximum atomic E-state index is 12.3. The van der Waals surface area contributed by atoms with E-state index >= 15 is 0 Å². The van der Waals surface area contributed by atoms with E-state index in [9.17, 15) is 28.8 Å². The van der Waals surface area contributed by atoms with Crippen molar-refractivity contribution in [2.45, 2.75) is 103 Å². The predicted molar refractivity (Wildman–Crippen MR) is 138 cm³/mol. The summed E-state index contributed by atoms with van der Waals surface area (Å²) in [6.45, 7) is 6.11. The fourth-order valence-corrected chi connectivity index (χ4v) is 4.71. The van der Waals surface area contributed by atoms with E-state index < -0.39 is 104 Å². The number of esters is 5. The Labute approximate surface area is 248 Å². The minimum atomic E-state index is -1.51. The number of hydrogen-bond acceptors (Lipinski definition) is 16. The number of ether oxygens (including phenoxy) is 10. The number of carbonyl (C=O) groups is 6. The van der Waals surface area contributed by atoms with Crippen molar-refractivity contribution in [3.8, 4) is 0 Å². The van der Waals surface area contributed by atoms with Gasteiger partial charge < -0.3 is 52.7 Å². The topological polar surface area (TPSA) is 207 Å². The fraction of sp³-hybridized carbons (Fsp3) is 0.769. The van der Waals surface area contributed by atoms with Gasteiger partial charge in [-0.1, -0.05) is 0 Å². The summed E-state index contributed by atoms with van der Waals surface area (Å²) < 4.78 is 55.9. The Bertz CT molecular complexity index is 1020. The van der Waals surface area contributed by atoms with Crippen molar-refractivity contribution in [2.75, 3.05) is 27.4 Å². The minimum Gasteiger partial charge on any atom is -0.463 e. The van der Waals surface area contributed by atoms with Gasteiger partial charge in [0.05, 0.1) is 0 Å². The first-order valence-electron chi connectivity index (χ1n) is 13.3. The van der Waals surface area contributed by atoms with E-state index in [0.717, 1.165) is 27.7 Å². The van der Waals surface area contributed by atoms with Crippen LogP contribution in [0.5, 0.6) is 0 Å². The molecule has 2 fully saturated rings. The number of nitrogens with one attached hydrogen (secondary N) is 1. The van der Waals surface area contributed by atoms with Gasteiger partial charge in [0, 0.05) is 55.8 Å². The third-order valence-corrected chi connectivity index (χ3v) is 6.21. The van der Waals surface area contributed by atoms with Gasteiger partial charge in [0.2, 0.25) is 5.91 Å². The summed E-state index contributed by atoms with van der Waals surface area (Å²) in [7, 11) is 2.59. The smallest absolute Gasteiger partial charge is 0.303 e. The summed E-state index contributed by atoms with van der Waals surface area (Å²) >= 11 is 0. The fourth-order valence-electron chi connectivity index (χ4n) is 4.71. The molecule has 2 aliphatic heterocycles. The molecule has 0 saturated carbocycles. The lowest BCUT2D eigenvalue weighted by Gasteiger charge is -2.49. The van der Waals surface area contributed by atoms with Gasteiger partial charge in [-0.05, 0) is 0 Å². The molecule has 1 N–H and O–H groups in total. The Balaban J connectivity index is 2.56. The standard InChI is InChI=1S/C26H39NO16/c1-11(28)27-19-22(40-16(6)33)20(38-14(4)31)17(9-36-12(2)29)41-25(19)43-24-23(34-7)21(39-15(5)32)18(10-37-13(3)30)42-26(24)35-8/h17-26H,9-10H2,1-8H3,(H,27,28)/t17-,18-,19-,20-,21-,22-,23+,24+,25+,26+/m1/s1. The first-order chi connectivity index (χ1) is 20.2. The van der Waals surface area contributed by atoms with E-state index in [1.54, 1.807) is 0 Å². The predicted octanol–water partition coefficient (Wildman–Crippen LogP) is -1.09. The molecule has 2 rings (SSSR count). The van der Waals surface area contributed by atoms with E-state index in [-0.39, 0.29) is 6.61 Å². The number of rotatable bonds is 12. The zero-order valence-corrected chi connectivity index (χ0v) is 25.2. The molecule has 1 amide bonds. The lowest BCUT2D eigenvalue weighted by Crippen LogP contribution is -2.69. The van der Waals surface area contributed by atoms with E-state index in [0.29, 0.717) is 0 Å². The van der Waals surface area contributed by atoms with Crippen molar-refractivity contribution in [1.29, 1.82) is 0 Å². The molecule has 17 heteroatoms. The molecule has 10 atom stereocenters. The highest BCUT2D eigenvalue weighted by Crippen LogP contribution is 2.34. The molecule has 0 aromatic rings. The molecule has 2 aliphatic rings. The van der Waals surface area contributed by atoms with Crippen LogP contribution in [0.1, 0.15) is 41.5 Å². The second kappa shape index (κ2) is 16.5.